The number of carbonyl (C=O) groups excluding carboxylic acids is 3. The largest absolute Gasteiger partial charge is 0.462 e. The van der Waals surface area contributed by atoms with E-state index in [0.29, 0.717) is 19.3 Å². The average Bonchev–Trinajstić information content (AvgIpc) is 3.31. The fourth-order valence-electron chi connectivity index (χ4n) is 8.58. The van der Waals surface area contributed by atoms with Gasteiger partial charge in [0.2, 0.25) is 0 Å². The number of ether oxygens (including phenoxy) is 3. The average molecular weight is 928 g/mol. The van der Waals surface area contributed by atoms with Gasteiger partial charge in [-0.3, -0.25) is 14.4 Å². The molecule has 1 atom stereocenters. The van der Waals surface area contributed by atoms with Crippen molar-refractivity contribution in [2.45, 2.75) is 316 Å². The molecule has 0 heterocycles. The zero-order valence-corrected chi connectivity index (χ0v) is 44.2. The first-order valence-corrected chi connectivity index (χ1v) is 29.0. The third-order valence-electron chi connectivity index (χ3n) is 12.9. The Bertz CT molecular complexity index is 1110. The highest BCUT2D eigenvalue weighted by atomic mass is 16.6. The van der Waals surface area contributed by atoms with E-state index in [1.54, 1.807) is 0 Å². The fourth-order valence-corrected chi connectivity index (χ4v) is 8.58. The lowest BCUT2D eigenvalue weighted by Crippen LogP contribution is -2.30. The molecule has 0 aliphatic carbocycles. The Morgan fingerprint density at radius 1 is 0.318 bits per heavy atom. The minimum absolute atomic E-state index is 0.0726. The SMILES string of the molecule is CC/C=C\C/C=C\C/C=C\CCCCCCCCCC(=O)OC(COC(=O)CCCCCCCC)COC(=O)CCCCCCCCCCCCCCCCCCCCCCCCCCC. The van der Waals surface area contributed by atoms with Gasteiger partial charge in [-0.25, -0.2) is 0 Å². The molecule has 6 heteroatoms. The molecule has 0 saturated heterocycles. The van der Waals surface area contributed by atoms with Crippen molar-refractivity contribution < 1.29 is 28.6 Å². The number of esters is 3. The second kappa shape index (κ2) is 55.2. The van der Waals surface area contributed by atoms with Gasteiger partial charge in [0.1, 0.15) is 13.2 Å². The van der Waals surface area contributed by atoms with Crippen LogP contribution in [0.1, 0.15) is 310 Å². The molecule has 0 amide bonds. The first-order chi connectivity index (χ1) is 32.5. The van der Waals surface area contributed by atoms with Crippen LogP contribution in [0.15, 0.2) is 36.5 Å². The van der Waals surface area contributed by atoms with Crippen LogP contribution in [0, 0.1) is 0 Å². The molecule has 386 valence electrons. The van der Waals surface area contributed by atoms with Crippen LogP contribution >= 0.6 is 0 Å². The summed E-state index contributed by atoms with van der Waals surface area (Å²) in [6, 6.07) is 0. The molecule has 0 N–H and O–H groups in total. The summed E-state index contributed by atoms with van der Waals surface area (Å²) in [5, 5.41) is 0. The Hall–Kier alpha value is -2.37. The van der Waals surface area contributed by atoms with Gasteiger partial charge in [0.15, 0.2) is 6.10 Å². The molecule has 0 aromatic rings. The standard InChI is InChI=1S/C60H110O6/c1-4-7-10-13-16-18-20-22-24-26-27-28-29-30-31-32-33-35-36-38-40-42-44-47-50-53-59(62)65-56-57(55-64-58(61)52-49-46-15-12-9-6-3)66-60(63)54-51-48-45-43-41-39-37-34-25-23-21-19-17-14-11-8-5-2/h8,11,17,19,23,25,57H,4-7,9-10,12-16,18,20-22,24,26-56H2,1-3H3/b11-8-,19-17-,25-23-. The van der Waals surface area contributed by atoms with Crippen molar-refractivity contribution in [3.05, 3.63) is 36.5 Å². The predicted molar refractivity (Wildman–Crippen MR) is 284 cm³/mol. The maximum absolute atomic E-state index is 12.8. The van der Waals surface area contributed by atoms with Crippen molar-refractivity contribution in [3.63, 3.8) is 0 Å². The molecule has 0 aliphatic rings. The van der Waals surface area contributed by atoms with Crippen LogP contribution < -0.4 is 0 Å². The summed E-state index contributed by atoms with van der Waals surface area (Å²) in [5.41, 5.74) is 0. The van der Waals surface area contributed by atoms with Gasteiger partial charge in [-0.05, 0) is 51.4 Å². The van der Waals surface area contributed by atoms with Crippen LogP contribution in [0.25, 0.3) is 0 Å². The third kappa shape index (κ3) is 52.6. The van der Waals surface area contributed by atoms with Crippen LogP contribution in [0.4, 0.5) is 0 Å². The number of allylic oxidation sites excluding steroid dienone is 6. The van der Waals surface area contributed by atoms with Crippen molar-refractivity contribution in [2.24, 2.45) is 0 Å². The van der Waals surface area contributed by atoms with Gasteiger partial charge in [-0.1, -0.05) is 276 Å². The molecule has 0 spiro atoms. The van der Waals surface area contributed by atoms with E-state index in [1.807, 2.05) is 0 Å². The van der Waals surface area contributed by atoms with E-state index in [-0.39, 0.29) is 31.1 Å². The predicted octanol–water partition coefficient (Wildman–Crippen LogP) is 19.3. The van der Waals surface area contributed by atoms with Crippen molar-refractivity contribution >= 4 is 17.9 Å². The lowest BCUT2D eigenvalue weighted by atomic mass is 10.0. The minimum Gasteiger partial charge on any atom is -0.462 e. The molecule has 0 aromatic heterocycles. The fraction of sp³-hybridized carbons (Fsp3) is 0.850. The summed E-state index contributed by atoms with van der Waals surface area (Å²) < 4.78 is 16.8. The summed E-state index contributed by atoms with van der Waals surface area (Å²) in [6.07, 6.45) is 66.1. The topological polar surface area (TPSA) is 78.9 Å². The van der Waals surface area contributed by atoms with Gasteiger partial charge in [0.25, 0.3) is 0 Å². The first-order valence-electron chi connectivity index (χ1n) is 29.0. The van der Waals surface area contributed by atoms with Crippen LogP contribution in [-0.4, -0.2) is 37.2 Å². The molecule has 0 fully saturated rings. The van der Waals surface area contributed by atoms with E-state index in [2.05, 4.69) is 57.2 Å². The van der Waals surface area contributed by atoms with E-state index in [4.69, 9.17) is 14.2 Å². The van der Waals surface area contributed by atoms with Gasteiger partial charge in [-0.2, -0.15) is 0 Å². The van der Waals surface area contributed by atoms with Crippen molar-refractivity contribution in [3.8, 4) is 0 Å². The summed E-state index contributed by atoms with van der Waals surface area (Å²) in [6.45, 7) is 6.50. The summed E-state index contributed by atoms with van der Waals surface area (Å²) in [7, 11) is 0. The summed E-state index contributed by atoms with van der Waals surface area (Å²) >= 11 is 0. The molecule has 0 saturated carbocycles. The highest BCUT2D eigenvalue weighted by Crippen LogP contribution is 2.17. The molecule has 0 rings (SSSR count). The van der Waals surface area contributed by atoms with Crippen molar-refractivity contribution in [1.82, 2.24) is 0 Å². The number of hydrogen-bond acceptors (Lipinski definition) is 6. The quantitative estimate of drug-likeness (QED) is 0.0262. The van der Waals surface area contributed by atoms with Crippen molar-refractivity contribution in [1.29, 1.82) is 0 Å². The number of rotatable bonds is 53. The second-order valence-electron chi connectivity index (χ2n) is 19.5. The lowest BCUT2D eigenvalue weighted by molar-refractivity contribution is -0.167. The van der Waals surface area contributed by atoms with Gasteiger partial charge in [0.05, 0.1) is 0 Å². The van der Waals surface area contributed by atoms with E-state index in [0.717, 1.165) is 83.5 Å². The number of unbranched alkanes of at least 4 members (excludes halogenated alkanes) is 36. The second-order valence-corrected chi connectivity index (χ2v) is 19.5. The zero-order chi connectivity index (χ0) is 47.9. The molecular weight excluding hydrogens is 817 g/mol. The smallest absolute Gasteiger partial charge is 0.306 e. The van der Waals surface area contributed by atoms with Crippen LogP contribution in [0.2, 0.25) is 0 Å². The molecule has 1 unspecified atom stereocenters. The van der Waals surface area contributed by atoms with Gasteiger partial charge < -0.3 is 14.2 Å². The molecule has 66 heavy (non-hydrogen) atoms. The molecule has 6 nitrogen and oxygen atoms in total. The van der Waals surface area contributed by atoms with Crippen molar-refractivity contribution in [2.75, 3.05) is 13.2 Å². The van der Waals surface area contributed by atoms with Gasteiger partial charge in [0, 0.05) is 19.3 Å². The normalized spacial score (nSPS) is 12.2. The maximum Gasteiger partial charge on any atom is 0.306 e. The van der Waals surface area contributed by atoms with Crippen LogP contribution in [-0.2, 0) is 28.6 Å². The van der Waals surface area contributed by atoms with Gasteiger partial charge >= 0.3 is 17.9 Å². The van der Waals surface area contributed by atoms with Crippen LogP contribution in [0.5, 0.6) is 0 Å². The first kappa shape index (κ1) is 63.6. The molecule has 0 aromatic carbocycles. The molecule has 0 radical (unpaired) electrons. The minimum atomic E-state index is -0.771. The van der Waals surface area contributed by atoms with Gasteiger partial charge in [-0.15, -0.1) is 0 Å². The monoisotopic (exact) mass is 927 g/mol. The molecule has 0 bridgehead atoms. The maximum atomic E-state index is 12.8. The Morgan fingerprint density at radius 3 is 0.924 bits per heavy atom. The Kier molecular flexibility index (Phi) is 53.2. The number of hydrogen-bond donors (Lipinski definition) is 0. The summed E-state index contributed by atoms with van der Waals surface area (Å²) in [5.74, 6) is -0.877. The Labute approximate surface area is 410 Å². The van der Waals surface area contributed by atoms with E-state index in [1.165, 1.54) is 186 Å². The summed E-state index contributed by atoms with van der Waals surface area (Å²) in [4.78, 5) is 37.9. The van der Waals surface area contributed by atoms with E-state index >= 15 is 0 Å². The third-order valence-corrected chi connectivity index (χ3v) is 12.9. The molecule has 0 aliphatic heterocycles. The molecular formula is C60H110O6. The lowest BCUT2D eigenvalue weighted by Gasteiger charge is -2.18. The van der Waals surface area contributed by atoms with Crippen LogP contribution in [0.3, 0.4) is 0 Å². The highest BCUT2D eigenvalue weighted by molar-refractivity contribution is 5.71. The Morgan fingerprint density at radius 2 is 0.591 bits per heavy atom. The van der Waals surface area contributed by atoms with E-state index < -0.39 is 6.10 Å². The zero-order valence-electron chi connectivity index (χ0n) is 44.2. The Balaban J connectivity index is 4.06. The highest BCUT2D eigenvalue weighted by Gasteiger charge is 2.19. The number of carbonyl (C=O) groups is 3. The van der Waals surface area contributed by atoms with E-state index in [9.17, 15) is 14.4 Å².